The Morgan fingerprint density at radius 2 is 1.45 bits per heavy atom. The van der Waals surface area contributed by atoms with Crippen LogP contribution in [0.3, 0.4) is 0 Å². The highest BCUT2D eigenvalue weighted by Crippen LogP contribution is 2.25. The van der Waals surface area contributed by atoms with Gasteiger partial charge in [-0.1, -0.05) is 78.9 Å². The van der Waals surface area contributed by atoms with Crippen molar-refractivity contribution in [3.05, 3.63) is 126 Å². The number of nitrogen functional groups attached to an aromatic ring is 1. The summed E-state index contributed by atoms with van der Waals surface area (Å²) in [5.74, 6) is 0.124. The number of amides is 2. The maximum Gasteiger partial charge on any atom is 0.245 e. The van der Waals surface area contributed by atoms with Crippen LogP contribution in [0, 0.1) is 0 Å². The fourth-order valence-electron chi connectivity index (χ4n) is 4.38. The average molecular weight is 509 g/mol. The standard InChI is InChI=1S/C31H32N4O3/c1-35(21-22-13-16-26(38-2)17-14-22)31(37)27(19-23-15-18-28(32)33-20-23)34-30(36)29(24-9-5-3-6-10-24)25-11-7-4-8-12-25/h3-18,20,27,29H,19,21H2,1-2H3,(H2,32,33)(H,34,36). The molecule has 0 spiro atoms. The summed E-state index contributed by atoms with van der Waals surface area (Å²) in [6.45, 7) is 0.385. The van der Waals surface area contributed by atoms with Gasteiger partial charge in [0.05, 0.1) is 13.0 Å². The number of carbonyl (C=O) groups excluding carboxylic acids is 2. The molecule has 7 nitrogen and oxygen atoms in total. The first kappa shape index (κ1) is 26.4. The molecule has 7 heteroatoms. The molecule has 3 aromatic carbocycles. The number of nitrogens with two attached hydrogens (primary N) is 1. The molecular weight excluding hydrogens is 476 g/mol. The second kappa shape index (κ2) is 12.5. The van der Waals surface area contributed by atoms with Crippen molar-refractivity contribution < 1.29 is 14.3 Å². The molecule has 3 N–H and O–H groups in total. The van der Waals surface area contributed by atoms with Crippen LogP contribution < -0.4 is 15.8 Å². The summed E-state index contributed by atoms with van der Waals surface area (Å²) in [5.41, 5.74) is 9.21. The summed E-state index contributed by atoms with van der Waals surface area (Å²) in [5, 5.41) is 3.05. The van der Waals surface area contributed by atoms with Crippen molar-refractivity contribution in [1.82, 2.24) is 15.2 Å². The van der Waals surface area contributed by atoms with Gasteiger partial charge in [0.1, 0.15) is 17.6 Å². The number of anilines is 1. The number of rotatable bonds is 10. The van der Waals surface area contributed by atoms with Gasteiger partial charge in [-0.2, -0.15) is 0 Å². The second-order valence-corrected chi connectivity index (χ2v) is 9.15. The van der Waals surface area contributed by atoms with Crippen molar-refractivity contribution in [2.75, 3.05) is 19.9 Å². The van der Waals surface area contributed by atoms with Gasteiger partial charge in [-0.3, -0.25) is 9.59 Å². The summed E-state index contributed by atoms with van der Waals surface area (Å²) in [6, 6.07) is 29.4. The Labute approximate surface area is 223 Å². The minimum atomic E-state index is -0.800. The number of pyridine rings is 1. The van der Waals surface area contributed by atoms with E-state index in [4.69, 9.17) is 10.5 Å². The number of ether oxygens (including phenoxy) is 1. The Bertz CT molecular complexity index is 1290. The molecule has 0 bridgehead atoms. The zero-order chi connectivity index (χ0) is 26.9. The Balaban J connectivity index is 1.60. The third-order valence-corrected chi connectivity index (χ3v) is 6.39. The Hall–Kier alpha value is -4.65. The predicted octanol–water partition coefficient (Wildman–Crippen LogP) is 4.19. The van der Waals surface area contributed by atoms with E-state index in [1.165, 1.54) is 0 Å². The number of carbonyl (C=O) groups is 2. The normalized spacial score (nSPS) is 11.6. The highest BCUT2D eigenvalue weighted by Gasteiger charge is 2.29. The molecule has 194 valence electrons. The van der Waals surface area contributed by atoms with E-state index in [9.17, 15) is 9.59 Å². The van der Waals surface area contributed by atoms with E-state index in [0.29, 0.717) is 12.4 Å². The topological polar surface area (TPSA) is 97.6 Å². The molecule has 1 aromatic heterocycles. The third-order valence-electron chi connectivity index (χ3n) is 6.39. The van der Waals surface area contributed by atoms with Crippen LogP contribution in [0.2, 0.25) is 0 Å². The van der Waals surface area contributed by atoms with E-state index >= 15 is 0 Å². The number of benzene rings is 3. The lowest BCUT2D eigenvalue weighted by atomic mass is 9.90. The van der Waals surface area contributed by atoms with Crippen LogP contribution in [0.5, 0.6) is 5.75 Å². The van der Waals surface area contributed by atoms with Gasteiger partial charge in [-0.15, -0.1) is 0 Å². The van der Waals surface area contributed by atoms with Crippen LogP contribution in [0.15, 0.2) is 103 Å². The van der Waals surface area contributed by atoms with Crippen molar-refractivity contribution >= 4 is 17.6 Å². The molecule has 0 fully saturated rings. The molecule has 38 heavy (non-hydrogen) atoms. The first-order valence-corrected chi connectivity index (χ1v) is 12.4. The van der Waals surface area contributed by atoms with Crippen molar-refractivity contribution in [2.24, 2.45) is 0 Å². The molecule has 1 unspecified atom stereocenters. The average Bonchev–Trinajstić information content (AvgIpc) is 2.95. The van der Waals surface area contributed by atoms with Gasteiger partial charge < -0.3 is 20.7 Å². The van der Waals surface area contributed by atoms with Crippen LogP contribution in [-0.4, -0.2) is 41.9 Å². The highest BCUT2D eigenvalue weighted by atomic mass is 16.5. The predicted molar refractivity (Wildman–Crippen MR) is 148 cm³/mol. The zero-order valence-electron chi connectivity index (χ0n) is 21.6. The van der Waals surface area contributed by atoms with Crippen molar-refractivity contribution in [3.8, 4) is 5.75 Å². The van der Waals surface area contributed by atoms with E-state index in [2.05, 4.69) is 10.3 Å². The molecule has 0 aliphatic heterocycles. The molecule has 0 aliphatic carbocycles. The van der Waals surface area contributed by atoms with Crippen LogP contribution >= 0.6 is 0 Å². The highest BCUT2D eigenvalue weighted by molar-refractivity contribution is 5.92. The van der Waals surface area contributed by atoms with Crippen molar-refractivity contribution in [1.29, 1.82) is 0 Å². The number of nitrogens with zero attached hydrogens (tertiary/aromatic N) is 2. The van der Waals surface area contributed by atoms with Crippen molar-refractivity contribution in [3.63, 3.8) is 0 Å². The van der Waals surface area contributed by atoms with Crippen molar-refractivity contribution in [2.45, 2.75) is 24.9 Å². The van der Waals surface area contributed by atoms with E-state index < -0.39 is 12.0 Å². The second-order valence-electron chi connectivity index (χ2n) is 9.15. The van der Waals surface area contributed by atoms with Crippen LogP contribution in [-0.2, 0) is 22.6 Å². The lowest BCUT2D eigenvalue weighted by molar-refractivity contribution is -0.136. The van der Waals surface area contributed by atoms with Gasteiger partial charge in [0.2, 0.25) is 11.8 Å². The molecule has 2 amide bonds. The summed E-state index contributed by atoms with van der Waals surface area (Å²) in [6.07, 6.45) is 1.91. The van der Waals surface area contributed by atoms with E-state index in [1.54, 1.807) is 31.3 Å². The Morgan fingerprint density at radius 1 is 0.868 bits per heavy atom. The summed E-state index contributed by atoms with van der Waals surface area (Å²) >= 11 is 0. The Kier molecular flexibility index (Phi) is 8.72. The molecule has 4 rings (SSSR count). The minimum absolute atomic E-state index is 0.203. The molecular formula is C31H32N4O3. The van der Waals surface area contributed by atoms with Gasteiger partial charge in [-0.25, -0.2) is 4.98 Å². The van der Waals surface area contributed by atoms with Gasteiger partial charge in [0, 0.05) is 26.2 Å². The summed E-state index contributed by atoms with van der Waals surface area (Å²) in [4.78, 5) is 33.3. The number of aromatic nitrogens is 1. The number of methoxy groups -OCH3 is 1. The maximum absolute atomic E-state index is 13.8. The van der Waals surface area contributed by atoms with Gasteiger partial charge in [0.25, 0.3) is 0 Å². The first-order valence-electron chi connectivity index (χ1n) is 12.4. The van der Waals surface area contributed by atoms with Gasteiger partial charge >= 0.3 is 0 Å². The lowest BCUT2D eigenvalue weighted by Gasteiger charge is -2.27. The van der Waals surface area contributed by atoms with Crippen LogP contribution in [0.1, 0.15) is 28.2 Å². The number of likely N-dealkylation sites (N-methyl/N-ethyl adjacent to an activating group) is 1. The first-order chi connectivity index (χ1) is 18.4. The number of hydrogen-bond donors (Lipinski definition) is 2. The molecule has 4 aromatic rings. The van der Waals surface area contributed by atoms with Gasteiger partial charge in [0.15, 0.2) is 0 Å². The molecule has 1 atom stereocenters. The maximum atomic E-state index is 13.8. The quantitative estimate of drug-likeness (QED) is 0.335. The fourth-order valence-corrected chi connectivity index (χ4v) is 4.38. The smallest absolute Gasteiger partial charge is 0.245 e. The SMILES string of the molecule is COc1ccc(CN(C)C(=O)C(Cc2ccc(N)nc2)NC(=O)C(c2ccccc2)c2ccccc2)cc1. The molecule has 0 aliphatic rings. The summed E-state index contributed by atoms with van der Waals surface area (Å²) in [7, 11) is 3.35. The molecule has 0 saturated heterocycles. The van der Waals surface area contributed by atoms with E-state index in [0.717, 1.165) is 28.0 Å². The zero-order valence-corrected chi connectivity index (χ0v) is 21.6. The Morgan fingerprint density at radius 3 is 1.97 bits per heavy atom. The molecule has 1 heterocycles. The van der Waals surface area contributed by atoms with Crippen LogP contribution in [0.25, 0.3) is 0 Å². The van der Waals surface area contributed by atoms with E-state index in [1.807, 2.05) is 91.0 Å². The van der Waals surface area contributed by atoms with Crippen LogP contribution in [0.4, 0.5) is 5.82 Å². The number of nitrogens with one attached hydrogen (secondary N) is 1. The number of hydrogen-bond acceptors (Lipinski definition) is 5. The fraction of sp³-hybridized carbons (Fsp3) is 0.194. The largest absolute Gasteiger partial charge is 0.497 e. The molecule has 0 saturated carbocycles. The minimum Gasteiger partial charge on any atom is -0.497 e. The summed E-state index contributed by atoms with van der Waals surface area (Å²) < 4.78 is 5.23. The monoisotopic (exact) mass is 508 g/mol. The molecule has 0 radical (unpaired) electrons. The van der Waals surface area contributed by atoms with Gasteiger partial charge in [-0.05, 0) is 40.5 Å². The third kappa shape index (κ3) is 6.76. The van der Waals surface area contributed by atoms with E-state index in [-0.39, 0.29) is 18.2 Å². The lowest BCUT2D eigenvalue weighted by Crippen LogP contribution is -2.49.